The first-order valence-electron chi connectivity index (χ1n) is 8.75. The van der Waals surface area contributed by atoms with Crippen molar-refractivity contribution in [3.63, 3.8) is 0 Å². The van der Waals surface area contributed by atoms with Crippen LogP contribution in [0.15, 0.2) is 41.8 Å². The highest BCUT2D eigenvalue weighted by atomic mass is 32.1. The zero-order chi connectivity index (χ0) is 19.2. The number of amides is 3. The molecule has 1 fully saturated rings. The average Bonchev–Trinajstić information content (AvgIpc) is 3.26. The molecular weight excluding hydrogens is 366 g/mol. The van der Waals surface area contributed by atoms with Gasteiger partial charge in [-0.15, -0.1) is 11.3 Å². The van der Waals surface area contributed by atoms with Crippen molar-refractivity contribution < 1.29 is 19.1 Å². The Bertz CT molecular complexity index is 805. The van der Waals surface area contributed by atoms with Crippen LogP contribution in [0.5, 0.6) is 5.75 Å². The Morgan fingerprint density at radius 3 is 2.70 bits per heavy atom. The van der Waals surface area contributed by atoms with Gasteiger partial charge in [0.2, 0.25) is 11.8 Å². The van der Waals surface area contributed by atoms with Crippen LogP contribution >= 0.6 is 11.3 Å². The summed E-state index contributed by atoms with van der Waals surface area (Å²) >= 11 is 1.49. The Balaban J connectivity index is 1.57. The topological polar surface area (TPSA) is 87.7 Å². The lowest BCUT2D eigenvalue weighted by Crippen LogP contribution is -2.48. The molecule has 3 amide bonds. The van der Waals surface area contributed by atoms with Crippen molar-refractivity contribution in [2.45, 2.75) is 32.2 Å². The van der Waals surface area contributed by atoms with Gasteiger partial charge >= 0.3 is 0 Å². The van der Waals surface area contributed by atoms with Crippen LogP contribution in [0.25, 0.3) is 0 Å². The molecule has 8 heteroatoms. The second-order valence-corrected chi connectivity index (χ2v) is 7.15. The molecule has 7 nitrogen and oxygen atoms in total. The largest absolute Gasteiger partial charge is 0.494 e. The molecule has 1 saturated heterocycles. The SMILES string of the molecule is CCCOc1ccc(N2C(=O)CC(NNC(=O)Cc3cccs3)C2=O)cc1. The second-order valence-electron chi connectivity index (χ2n) is 6.12. The molecular formula is C19H21N3O4S. The van der Waals surface area contributed by atoms with Gasteiger partial charge in [-0.1, -0.05) is 13.0 Å². The van der Waals surface area contributed by atoms with E-state index in [1.165, 1.54) is 11.3 Å². The normalized spacial score (nSPS) is 16.6. The van der Waals surface area contributed by atoms with Gasteiger partial charge in [-0.25, -0.2) is 10.3 Å². The number of carbonyl (C=O) groups is 3. The van der Waals surface area contributed by atoms with Crippen molar-refractivity contribution in [1.82, 2.24) is 10.9 Å². The van der Waals surface area contributed by atoms with Crippen LogP contribution in [-0.4, -0.2) is 30.4 Å². The van der Waals surface area contributed by atoms with Gasteiger partial charge in [0.1, 0.15) is 11.8 Å². The van der Waals surface area contributed by atoms with E-state index in [0.29, 0.717) is 18.0 Å². The van der Waals surface area contributed by atoms with Gasteiger partial charge in [0.05, 0.1) is 25.1 Å². The number of rotatable bonds is 8. The van der Waals surface area contributed by atoms with Crippen LogP contribution in [0.2, 0.25) is 0 Å². The molecule has 0 bridgehead atoms. The van der Waals surface area contributed by atoms with Crippen LogP contribution in [0.1, 0.15) is 24.6 Å². The van der Waals surface area contributed by atoms with Crippen molar-refractivity contribution in [3.05, 3.63) is 46.7 Å². The number of nitrogens with one attached hydrogen (secondary N) is 2. The van der Waals surface area contributed by atoms with E-state index in [2.05, 4.69) is 10.9 Å². The lowest BCUT2D eigenvalue weighted by molar-refractivity contribution is -0.122. The van der Waals surface area contributed by atoms with Gasteiger partial charge in [-0.2, -0.15) is 0 Å². The molecule has 1 aliphatic rings. The summed E-state index contributed by atoms with van der Waals surface area (Å²) in [4.78, 5) is 38.8. The minimum Gasteiger partial charge on any atom is -0.494 e. The highest BCUT2D eigenvalue weighted by Gasteiger charge is 2.39. The predicted molar refractivity (Wildman–Crippen MR) is 102 cm³/mol. The Morgan fingerprint density at radius 1 is 1.26 bits per heavy atom. The number of hydrazine groups is 1. The first-order chi connectivity index (χ1) is 13.1. The summed E-state index contributed by atoms with van der Waals surface area (Å²) in [6, 6.07) is 9.78. The summed E-state index contributed by atoms with van der Waals surface area (Å²) in [5, 5.41) is 1.89. The van der Waals surface area contributed by atoms with Crippen LogP contribution in [0.4, 0.5) is 5.69 Å². The number of carbonyl (C=O) groups excluding carboxylic acids is 3. The lowest BCUT2D eigenvalue weighted by Gasteiger charge is -2.16. The zero-order valence-electron chi connectivity index (χ0n) is 14.9. The summed E-state index contributed by atoms with van der Waals surface area (Å²) in [7, 11) is 0. The number of anilines is 1. The second kappa shape index (κ2) is 8.79. The monoisotopic (exact) mass is 387 g/mol. The maximum atomic E-state index is 12.6. The summed E-state index contributed by atoms with van der Waals surface area (Å²) < 4.78 is 5.51. The maximum Gasteiger partial charge on any atom is 0.253 e. The Labute approximate surface area is 161 Å². The molecule has 0 spiro atoms. The van der Waals surface area contributed by atoms with E-state index in [-0.39, 0.29) is 24.7 Å². The number of imide groups is 1. The molecule has 142 valence electrons. The van der Waals surface area contributed by atoms with Crippen molar-refractivity contribution in [2.75, 3.05) is 11.5 Å². The van der Waals surface area contributed by atoms with Gasteiger partial charge in [0.25, 0.3) is 5.91 Å². The van der Waals surface area contributed by atoms with E-state index >= 15 is 0 Å². The number of ether oxygens (including phenoxy) is 1. The van der Waals surface area contributed by atoms with E-state index in [9.17, 15) is 14.4 Å². The third-order valence-electron chi connectivity index (χ3n) is 4.02. The molecule has 1 aliphatic heterocycles. The molecule has 0 radical (unpaired) electrons. The molecule has 1 aromatic heterocycles. The van der Waals surface area contributed by atoms with E-state index in [1.54, 1.807) is 24.3 Å². The molecule has 2 aromatic rings. The third kappa shape index (κ3) is 4.72. The number of benzene rings is 1. The fourth-order valence-electron chi connectivity index (χ4n) is 2.71. The van der Waals surface area contributed by atoms with E-state index < -0.39 is 11.9 Å². The van der Waals surface area contributed by atoms with E-state index in [0.717, 1.165) is 16.2 Å². The third-order valence-corrected chi connectivity index (χ3v) is 4.89. The van der Waals surface area contributed by atoms with Crippen LogP contribution < -0.4 is 20.5 Å². The smallest absolute Gasteiger partial charge is 0.253 e. The van der Waals surface area contributed by atoms with E-state index in [4.69, 9.17) is 4.74 Å². The van der Waals surface area contributed by atoms with Crippen LogP contribution in [-0.2, 0) is 20.8 Å². The van der Waals surface area contributed by atoms with Gasteiger partial charge < -0.3 is 4.74 Å². The number of nitrogens with zero attached hydrogens (tertiary/aromatic N) is 1. The standard InChI is InChI=1S/C19H21N3O4S/c1-2-9-26-14-7-5-13(6-8-14)22-18(24)12-16(19(22)25)20-21-17(23)11-15-4-3-10-27-15/h3-8,10,16,20H,2,9,11-12H2,1H3,(H,21,23). The first kappa shape index (κ1) is 19.1. The summed E-state index contributed by atoms with van der Waals surface area (Å²) in [6.07, 6.45) is 1.12. The van der Waals surface area contributed by atoms with Gasteiger partial charge in [-0.05, 0) is 42.1 Å². The van der Waals surface area contributed by atoms with Crippen LogP contribution in [0.3, 0.4) is 0 Å². The quantitative estimate of drug-likeness (QED) is 0.535. The highest BCUT2D eigenvalue weighted by molar-refractivity contribution is 7.10. The average molecular weight is 387 g/mol. The molecule has 0 aliphatic carbocycles. The molecule has 2 N–H and O–H groups in total. The fraction of sp³-hybridized carbons (Fsp3) is 0.316. The molecule has 1 atom stereocenters. The Kier molecular flexibility index (Phi) is 6.20. The van der Waals surface area contributed by atoms with Crippen LogP contribution in [0, 0.1) is 0 Å². The first-order valence-corrected chi connectivity index (χ1v) is 9.63. The van der Waals surface area contributed by atoms with Crippen molar-refractivity contribution in [3.8, 4) is 5.75 Å². The summed E-state index contributed by atoms with van der Waals surface area (Å²) in [5.74, 6) is -0.269. The fourth-order valence-corrected chi connectivity index (χ4v) is 3.41. The van der Waals surface area contributed by atoms with Crippen molar-refractivity contribution in [2.24, 2.45) is 0 Å². The highest BCUT2D eigenvalue weighted by Crippen LogP contribution is 2.25. The zero-order valence-corrected chi connectivity index (χ0v) is 15.8. The number of hydrogen-bond donors (Lipinski definition) is 2. The molecule has 2 heterocycles. The Morgan fingerprint density at radius 2 is 2.04 bits per heavy atom. The molecule has 27 heavy (non-hydrogen) atoms. The minimum atomic E-state index is -0.777. The van der Waals surface area contributed by atoms with Gasteiger partial charge in [0.15, 0.2) is 0 Å². The minimum absolute atomic E-state index is 0.00774. The summed E-state index contributed by atoms with van der Waals surface area (Å²) in [6.45, 7) is 2.63. The molecule has 3 rings (SSSR count). The van der Waals surface area contributed by atoms with Gasteiger partial charge in [-0.3, -0.25) is 19.8 Å². The summed E-state index contributed by atoms with van der Waals surface area (Å²) in [5.41, 5.74) is 5.69. The van der Waals surface area contributed by atoms with Crippen molar-refractivity contribution in [1.29, 1.82) is 0 Å². The lowest BCUT2D eigenvalue weighted by atomic mass is 10.2. The molecule has 0 saturated carbocycles. The van der Waals surface area contributed by atoms with Crippen molar-refractivity contribution >= 4 is 34.7 Å². The molecule has 1 aromatic carbocycles. The van der Waals surface area contributed by atoms with E-state index in [1.807, 2.05) is 24.4 Å². The molecule has 1 unspecified atom stereocenters. The number of hydrogen-bond acceptors (Lipinski definition) is 6. The Hall–Kier alpha value is -2.71. The predicted octanol–water partition coefficient (Wildman–Crippen LogP) is 2.03. The number of thiophene rings is 1. The van der Waals surface area contributed by atoms with Gasteiger partial charge in [0, 0.05) is 4.88 Å². The maximum absolute atomic E-state index is 12.6.